The predicted octanol–water partition coefficient (Wildman–Crippen LogP) is -0.0343. The van der Waals surface area contributed by atoms with E-state index < -0.39 is 0 Å². The lowest BCUT2D eigenvalue weighted by Crippen LogP contribution is -2.45. The van der Waals surface area contributed by atoms with Crippen LogP contribution in [0.5, 0.6) is 0 Å². The van der Waals surface area contributed by atoms with Gasteiger partial charge in [0, 0.05) is 18.5 Å². The average Bonchev–Trinajstić information content (AvgIpc) is 1.89. The quantitative estimate of drug-likeness (QED) is 0.585. The lowest BCUT2D eigenvalue weighted by Gasteiger charge is -2.24. The molecule has 0 aromatic rings. The maximum Gasteiger partial charge on any atom is 0.125 e. The molecule has 5 heteroatoms. The van der Waals surface area contributed by atoms with Crippen LogP contribution in [0.1, 0.15) is 6.42 Å². The molecule has 68 valence electrons. The van der Waals surface area contributed by atoms with Crippen LogP contribution in [0.4, 0.5) is 0 Å². The minimum absolute atomic E-state index is 0. The summed E-state index contributed by atoms with van der Waals surface area (Å²) in [4.78, 5) is 10.3. The second kappa shape index (κ2) is 6.85. The smallest absolute Gasteiger partial charge is 0.125 e. The summed E-state index contributed by atoms with van der Waals surface area (Å²) in [5.41, 5.74) is 5.62. The molecule has 0 aromatic heterocycles. The molecule has 0 aromatic carbocycles. The van der Waals surface area contributed by atoms with Crippen LogP contribution in [0.3, 0.4) is 0 Å². The summed E-state index contributed by atoms with van der Waals surface area (Å²) in [7, 11) is 0. The summed E-state index contributed by atoms with van der Waals surface area (Å²) in [6, 6.07) is 0.0868. The summed E-state index contributed by atoms with van der Waals surface area (Å²) < 4.78 is 0. The first-order valence-corrected chi connectivity index (χ1v) is 3.26. The van der Waals surface area contributed by atoms with Gasteiger partial charge in [-0.15, -0.1) is 24.8 Å². The van der Waals surface area contributed by atoms with Gasteiger partial charge in [-0.05, 0) is 13.0 Å². The van der Waals surface area contributed by atoms with Crippen molar-refractivity contribution in [1.29, 1.82) is 0 Å². The average molecular weight is 201 g/mol. The number of rotatable bonds is 1. The molecule has 2 atom stereocenters. The van der Waals surface area contributed by atoms with E-state index in [9.17, 15) is 4.79 Å². The highest BCUT2D eigenvalue weighted by Gasteiger charge is 2.19. The van der Waals surface area contributed by atoms with E-state index in [1.54, 1.807) is 0 Å². The molecule has 0 bridgehead atoms. The van der Waals surface area contributed by atoms with Crippen LogP contribution in [-0.2, 0) is 4.79 Å². The second-order valence-corrected chi connectivity index (χ2v) is 2.46. The van der Waals surface area contributed by atoms with Gasteiger partial charge in [0.1, 0.15) is 6.29 Å². The minimum atomic E-state index is 0. The normalized spacial score (nSPS) is 29.5. The third kappa shape index (κ3) is 3.91. The number of nitrogens with two attached hydrogens (primary N) is 1. The Balaban J connectivity index is 0. The Hall–Kier alpha value is 0.170. The van der Waals surface area contributed by atoms with Crippen molar-refractivity contribution in [2.24, 2.45) is 11.7 Å². The van der Waals surface area contributed by atoms with E-state index in [-0.39, 0.29) is 36.8 Å². The zero-order valence-corrected chi connectivity index (χ0v) is 7.79. The van der Waals surface area contributed by atoms with Gasteiger partial charge in [0.2, 0.25) is 0 Å². The van der Waals surface area contributed by atoms with Gasteiger partial charge in [0.15, 0.2) is 0 Å². The number of nitrogens with one attached hydrogen (secondary N) is 1. The fourth-order valence-electron chi connectivity index (χ4n) is 1.05. The van der Waals surface area contributed by atoms with E-state index in [0.29, 0.717) is 0 Å². The topological polar surface area (TPSA) is 55.1 Å². The molecule has 0 radical (unpaired) electrons. The molecule has 1 fully saturated rings. The van der Waals surface area contributed by atoms with Gasteiger partial charge in [-0.1, -0.05) is 0 Å². The van der Waals surface area contributed by atoms with Gasteiger partial charge in [0.25, 0.3) is 0 Å². The molecular formula is C6H14Cl2N2O. The highest BCUT2D eigenvalue weighted by atomic mass is 35.5. The number of carbonyl (C=O) groups excluding carboxylic acids is 1. The van der Waals surface area contributed by atoms with Crippen LogP contribution in [0.2, 0.25) is 0 Å². The second-order valence-electron chi connectivity index (χ2n) is 2.46. The Morgan fingerprint density at radius 1 is 1.45 bits per heavy atom. The molecule has 11 heavy (non-hydrogen) atoms. The van der Waals surface area contributed by atoms with Crippen LogP contribution >= 0.6 is 24.8 Å². The molecule has 0 amide bonds. The minimum Gasteiger partial charge on any atom is -0.327 e. The Kier molecular flexibility index (Phi) is 8.56. The molecule has 1 aliphatic rings. The van der Waals surface area contributed by atoms with Gasteiger partial charge in [-0.2, -0.15) is 0 Å². The molecule has 3 N–H and O–H groups in total. The molecule has 1 rings (SSSR count). The summed E-state index contributed by atoms with van der Waals surface area (Å²) in [5, 5.41) is 3.10. The van der Waals surface area contributed by atoms with Crippen LogP contribution < -0.4 is 11.1 Å². The number of piperidine rings is 1. The Bertz CT molecular complexity index is 113. The Morgan fingerprint density at radius 2 is 2.09 bits per heavy atom. The van der Waals surface area contributed by atoms with E-state index in [1.165, 1.54) is 0 Å². The summed E-state index contributed by atoms with van der Waals surface area (Å²) >= 11 is 0. The number of carbonyl (C=O) groups is 1. The van der Waals surface area contributed by atoms with Crippen LogP contribution in [-0.4, -0.2) is 25.4 Å². The van der Waals surface area contributed by atoms with Crippen molar-refractivity contribution in [2.45, 2.75) is 12.5 Å². The monoisotopic (exact) mass is 200 g/mol. The van der Waals surface area contributed by atoms with E-state index in [0.717, 1.165) is 25.8 Å². The van der Waals surface area contributed by atoms with Gasteiger partial charge in [-0.25, -0.2) is 0 Å². The van der Waals surface area contributed by atoms with Gasteiger partial charge in [0.05, 0.1) is 0 Å². The lowest BCUT2D eigenvalue weighted by molar-refractivity contribution is -0.111. The van der Waals surface area contributed by atoms with E-state index in [1.807, 2.05) is 0 Å². The molecule has 3 nitrogen and oxygen atoms in total. The number of hydrogen-bond acceptors (Lipinski definition) is 3. The fourth-order valence-corrected chi connectivity index (χ4v) is 1.05. The maximum absolute atomic E-state index is 10.3. The lowest BCUT2D eigenvalue weighted by atomic mass is 9.96. The molecule has 0 saturated carbocycles. The van der Waals surface area contributed by atoms with Crippen molar-refractivity contribution in [2.75, 3.05) is 13.1 Å². The fraction of sp³-hybridized carbons (Fsp3) is 0.833. The van der Waals surface area contributed by atoms with Gasteiger partial charge in [-0.3, -0.25) is 0 Å². The van der Waals surface area contributed by atoms with Crippen molar-refractivity contribution in [1.82, 2.24) is 5.32 Å². The Morgan fingerprint density at radius 3 is 2.45 bits per heavy atom. The van der Waals surface area contributed by atoms with E-state index in [4.69, 9.17) is 5.73 Å². The number of aldehydes is 1. The van der Waals surface area contributed by atoms with Gasteiger partial charge < -0.3 is 15.8 Å². The molecule has 1 heterocycles. The van der Waals surface area contributed by atoms with Crippen LogP contribution in [0.15, 0.2) is 0 Å². The summed E-state index contributed by atoms with van der Waals surface area (Å²) in [6.07, 6.45) is 1.86. The van der Waals surface area contributed by atoms with Crippen molar-refractivity contribution in [3.8, 4) is 0 Å². The molecule has 1 aliphatic heterocycles. The largest absolute Gasteiger partial charge is 0.327 e. The highest BCUT2D eigenvalue weighted by molar-refractivity contribution is 5.85. The van der Waals surface area contributed by atoms with Crippen molar-refractivity contribution in [3.63, 3.8) is 0 Å². The van der Waals surface area contributed by atoms with Crippen LogP contribution in [0.25, 0.3) is 0 Å². The standard InChI is InChI=1S/C6H12N2O.2ClH/c7-6-1-2-8-3-5(6)4-9;;/h4-6,8H,1-3,7H2;2*1H. The van der Waals surface area contributed by atoms with Crippen molar-refractivity contribution in [3.05, 3.63) is 0 Å². The first-order valence-electron chi connectivity index (χ1n) is 3.26. The van der Waals surface area contributed by atoms with Gasteiger partial charge >= 0.3 is 0 Å². The van der Waals surface area contributed by atoms with Crippen molar-refractivity contribution < 1.29 is 4.79 Å². The van der Waals surface area contributed by atoms with E-state index >= 15 is 0 Å². The number of halogens is 2. The molecular weight excluding hydrogens is 187 g/mol. The first kappa shape index (κ1) is 13.7. The highest BCUT2D eigenvalue weighted by Crippen LogP contribution is 2.04. The van der Waals surface area contributed by atoms with Crippen molar-refractivity contribution >= 4 is 31.1 Å². The first-order chi connectivity index (χ1) is 4.34. The zero-order valence-electron chi connectivity index (χ0n) is 6.16. The third-order valence-electron chi connectivity index (χ3n) is 1.76. The molecule has 0 aliphatic carbocycles. The zero-order chi connectivity index (χ0) is 6.69. The molecule has 0 spiro atoms. The predicted molar refractivity (Wildman–Crippen MR) is 49.5 cm³/mol. The summed E-state index contributed by atoms with van der Waals surface area (Å²) in [6.45, 7) is 1.70. The van der Waals surface area contributed by atoms with Crippen LogP contribution in [0, 0.1) is 5.92 Å². The van der Waals surface area contributed by atoms with E-state index in [2.05, 4.69) is 5.32 Å². The maximum atomic E-state index is 10.3. The molecule has 2 unspecified atom stereocenters. The number of hydrogen-bond donors (Lipinski definition) is 2. The third-order valence-corrected chi connectivity index (χ3v) is 1.76. The molecule has 1 saturated heterocycles. The Labute approximate surface area is 78.9 Å². The summed E-state index contributed by atoms with van der Waals surface area (Å²) in [5.74, 6) is 0.0405. The SMILES string of the molecule is Cl.Cl.NC1CCNCC1C=O.